The lowest BCUT2D eigenvalue weighted by molar-refractivity contribution is 0.466. The van der Waals surface area contributed by atoms with E-state index in [0.29, 0.717) is 11.5 Å². The molecule has 0 unspecified atom stereocenters. The van der Waals surface area contributed by atoms with E-state index in [1.165, 1.54) is 5.56 Å². The highest BCUT2D eigenvalue weighted by atomic mass is 16.3. The van der Waals surface area contributed by atoms with Gasteiger partial charge in [-0.1, -0.05) is 45.0 Å². The maximum atomic E-state index is 9.39. The second-order valence-electron chi connectivity index (χ2n) is 6.92. The van der Waals surface area contributed by atoms with E-state index in [2.05, 4.69) is 20.8 Å². The van der Waals surface area contributed by atoms with Crippen molar-refractivity contribution in [3.05, 3.63) is 58.1 Å². The largest absolute Gasteiger partial charge is 0.508 e. The van der Waals surface area contributed by atoms with Crippen LogP contribution >= 0.6 is 0 Å². The number of aryl methyl sites for hydroxylation is 3. The van der Waals surface area contributed by atoms with Crippen LogP contribution in [0.4, 0.5) is 0 Å². The fourth-order valence-corrected chi connectivity index (χ4v) is 2.06. The van der Waals surface area contributed by atoms with Gasteiger partial charge in [0.1, 0.15) is 11.5 Å². The number of hydrogen-bond donors (Lipinski definition) is 2. The van der Waals surface area contributed by atoms with E-state index in [1.807, 2.05) is 52.0 Å². The average molecular weight is 300 g/mol. The Labute approximate surface area is 134 Å². The summed E-state index contributed by atoms with van der Waals surface area (Å²) in [6.07, 6.45) is 0. The first-order valence-electron chi connectivity index (χ1n) is 7.60. The van der Waals surface area contributed by atoms with Crippen LogP contribution in [0.5, 0.6) is 11.5 Å². The lowest BCUT2D eigenvalue weighted by Crippen LogP contribution is -2.10. The smallest absolute Gasteiger partial charge is 0.121 e. The summed E-state index contributed by atoms with van der Waals surface area (Å²) >= 11 is 0. The predicted molar refractivity (Wildman–Crippen MR) is 93.9 cm³/mol. The molecular formula is C20H28O2. The molecule has 0 radical (unpaired) electrons. The Morgan fingerprint density at radius 3 is 1.73 bits per heavy atom. The first-order chi connectivity index (χ1) is 10.0. The molecule has 0 saturated carbocycles. The zero-order valence-electron chi connectivity index (χ0n) is 14.8. The normalized spacial score (nSPS) is 10.9. The van der Waals surface area contributed by atoms with Gasteiger partial charge in [-0.25, -0.2) is 0 Å². The van der Waals surface area contributed by atoms with Crippen LogP contribution in [0.3, 0.4) is 0 Å². The molecule has 120 valence electrons. The van der Waals surface area contributed by atoms with Gasteiger partial charge in [-0.2, -0.15) is 0 Å². The van der Waals surface area contributed by atoms with E-state index in [1.54, 1.807) is 6.07 Å². The molecule has 0 aliphatic rings. The van der Waals surface area contributed by atoms with Crippen molar-refractivity contribution in [3.63, 3.8) is 0 Å². The molecule has 2 aromatic rings. The van der Waals surface area contributed by atoms with E-state index in [-0.39, 0.29) is 5.41 Å². The van der Waals surface area contributed by atoms with Crippen molar-refractivity contribution in [2.75, 3.05) is 0 Å². The molecule has 2 heteroatoms. The fraction of sp³-hybridized carbons (Fsp3) is 0.400. The van der Waals surface area contributed by atoms with E-state index in [9.17, 15) is 10.2 Å². The van der Waals surface area contributed by atoms with Gasteiger partial charge >= 0.3 is 0 Å². The Morgan fingerprint density at radius 1 is 0.727 bits per heavy atom. The Hall–Kier alpha value is -1.96. The topological polar surface area (TPSA) is 40.5 Å². The number of benzene rings is 2. The predicted octanol–water partition coefficient (Wildman–Crippen LogP) is 5.32. The minimum atomic E-state index is 0.165. The molecule has 2 N–H and O–H groups in total. The van der Waals surface area contributed by atoms with Crippen molar-refractivity contribution in [1.82, 2.24) is 0 Å². The monoisotopic (exact) mass is 300 g/mol. The zero-order chi connectivity index (χ0) is 17.1. The SMILES string of the molecule is Cc1cc(C(C)(C)C)ccc1O.Cc1ccc(C)c(O)c1C. The van der Waals surface area contributed by atoms with Crippen LogP contribution in [0, 0.1) is 27.7 Å². The highest BCUT2D eigenvalue weighted by molar-refractivity contribution is 5.43. The number of rotatable bonds is 0. The van der Waals surface area contributed by atoms with Gasteiger partial charge in [0, 0.05) is 0 Å². The average Bonchev–Trinajstić information content (AvgIpc) is 2.43. The molecule has 0 aliphatic carbocycles. The quantitative estimate of drug-likeness (QED) is 0.691. The van der Waals surface area contributed by atoms with Gasteiger partial charge in [-0.3, -0.25) is 0 Å². The van der Waals surface area contributed by atoms with E-state index in [0.717, 1.165) is 22.3 Å². The molecule has 0 aromatic heterocycles. The Bertz CT molecular complexity index is 622. The molecule has 0 aliphatic heterocycles. The first kappa shape index (κ1) is 18.1. The van der Waals surface area contributed by atoms with Gasteiger partial charge in [0.25, 0.3) is 0 Å². The summed E-state index contributed by atoms with van der Waals surface area (Å²) in [6, 6.07) is 9.72. The fourth-order valence-electron chi connectivity index (χ4n) is 2.06. The molecule has 0 atom stereocenters. The second kappa shape index (κ2) is 6.87. The van der Waals surface area contributed by atoms with Crippen LogP contribution in [0.15, 0.2) is 30.3 Å². The van der Waals surface area contributed by atoms with Gasteiger partial charge in [0.05, 0.1) is 0 Å². The summed E-state index contributed by atoms with van der Waals surface area (Å²) in [7, 11) is 0. The molecule has 0 saturated heterocycles. The zero-order valence-corrected chi connectivity index (χ0v) is 14.8. The van der Waals surface area contributed by atoms with Gasteiger partial charge in [0.15, 0.2) is 0 Å². The number of phenolic OH excluding ortho intramolecular Hbond substituents is 2. The molecule has 0 heterocycles. The molecule has 0 spiro atoms. The summed E-state index contributed by atoms with van der Waals surface area (Å²) in [6.45, 7) is 14.2. The molecule has 2 rings (SSSR count). The number of phenols is 2. The van der Waals surface area contributed by atoms with Crippen LogP contribution in [0.1, 0.15) is 48.6 Å². The molecular weight excluding hydrogens is 272 g/mol. The van der Waals surface area contributed by atoms with Crippen LogP contribution < -0.4 is 0 Å². The van der Waals surface area contributed by atoms with E-state index < -0.39 is 0 Å². The van der Waals surface area contributed by atoms with E-state index in [4.69, 9.17) is 0 Å². The van der Waals surface area contributed by atoms with Crippen molar-refractivity contribution in [1.29, 1.82) is 0 Å². The molecule has 0 amide bonds. The Balaban J connectivity index is 0.000000224. The summed E-state index contributed by atoms with van der Waals surface area (Å²) in [5.41, 5.74) is 5.45. The summed E-state index contributed by atoms with van der Waals surface area (Å²) < 4.78 is 0. The maximum Gasteiger partial charge on any atom is 0.121 e. The van der Waals surface area contributed by atoms with Crippen molar-refractivity contribution in [2.45, 2.75) is 53.9 Å². The van der Waals surface area contributed by atoms with Crippen molar-refractivity contribution < 1.29 is 10.2 Å². The van der Waals surface area contributed by atoms with Crippen molar-refractivity contribution in [3.8, 4) is 11.5 Å². The third kappa shape index (κ3) is 4.52. The molecule has 22 heavy (non-hydrogen) atoms. The summed E-state index contributed by atoms with van der Waals surface area (Å²) in [5.74, 6) is 0.808. The number of aromatic hydroxyl groups is 2. The highest BCUT2D eigenvalue weighted by Gasteiger charge is 2.13. The standard InChI is InChI=1S/C11H16O.C9H12O/c1-8-7-9(11(2,3)4)5-6-10(8)12;1-6-4-5-7(2)9(10)8(6)3/h5-7,12H,1-4H3;4-5,10H,1-3H3. The van der Waals surface area contributed by atoms with Crippen molar-refractivity contribution >= 4 is 0 Å². The Morgan fingerprint density at radius 2 is 1.27 bits per heavy atom. The molecule has 2 aromatic carbocycles. The van der Waals surface area contributed by atoms with Gasteiger partial charge < -0.3 is 10.2 Å². The van der Waals surface area contributed by atoms with Crippen molar-refractivity contribution in [2.24, 2.45) is 0 Å². The minimum Gasteiger partial charge on any atom is -0.508 e. The second-order valence-corrected chi connectivity index (χ2v) is 6.92. The number of hydrogen-bond acceptors (Lipinski definition) is 2. The minimum absolute atomic E-state index is 0.165. The first-order valence-corrected chi connectivity index (χ1v) is 7.60. The van der Waals surface area contributed by atoms with Crippen LogP contribution in [0.2, 0.25) is 0 Å². The van der Waals surface area contributed by atoms with Crippen LogP contribution in [-0.2, 0) is 5.41 Å². The van der Waals surface area contributed by atoms with Crippen LogP contribution in [0.25, 0.3) is 0 Å². The third-order valence-corrected chi connectivity index (χ3v) is 3.97. The Kier molecular flexibility index (Phi) is 5.65. The van der Waals surface area contributed by atoms with Gasteiger partial charge in [0.2, 0.25) is 0 Å². The molecule has 0 bridgehead atoms. The lowest BCUT2D eigenvalue weighted by atomic mass is 9.86. The van der Waals surface area contributed by atoms with Crippen LogP contribution in [-0.4, -0.2) is 10.2 Å². The lowest BCUT2D eigenvalue weighted by Gasteiger charge is -2.19. The summed E-state index contributed by atoms with van der Waals surface area (Å²) in [4.78, 5) is 0. The third-order valence-electron chi connectivity index (χ3n) is 3.97. The molecule has 0 fully saturated rings. The van der Waals surface area contributed by atoms with E-state index >= 15 is 0 Å². The maximum absolute atomic E-state index is 9.39. The highest BCUT2D eigenvalue weighted by Crippen LogP contribution is 2.26. The van der Waals surface area contributed by atoms with Gasteiger partial charge in [-0.15, -0.1) is 0 Å². The molecule has 2 nitrogen and oxygen atoms in total. The summed E-state index contributed by atoms with van der Waals surface area (Å²) in [5, 5.41) is 18.7. The van der Waals surface area contributed by atoms with Gasteiger partial charge in [-0.05, 0) is 67.0 Å².